The molecule has 1 saturated heterocycles. The minimum Gasteiger partial charge on any atom is -0.488 e. The normalized spacial score (nSPS) is 17.7. The van der Waals surface area contributed by atoms with Crippen molar-refractivity contribution in [1.82, 2.24) is 9.46 Å². The van der Waals surface area contributed by atoms with Crippen LogP contribution < -0.4 is 4.74 Å². The highest BCUT2D eigenvalue weighted by atomic mass is 32.2. The number of hydrogen-bond acceptors (Lipinski definition) is 7. The molecule has 2 aliphatic heterocycles. The molecule has 0 saturated carbocycles. The summed E-state index contributed by atoms with van der Waals surface area (Å²) in [7, 11) is -3.68. The zero-order valence-electron chi connectivity index (χ0n) is 14.9. The van der Waals surface area contributed by atoms with Gasteiger partial charge in [-0.15, -0.1) is 0 Å². The summed E-state index contributed by atoms with van der Waals surface area (Å²) in [6.45, 7) is 3.01. The minimum atomic E-state index is -3.68. The fourth-order valence-electron chi connectivity index (χ4n) is 3.45. The maximum Gasteiger partial charge on any atom is 0.309 e. The van der Waals surface area contributed by atoms with Gasteiger partial charge in [0.25, 0.3) is 0 Å². The molecule has 9 heteroatoms. The summed E-state index contributed by atoms with van der Waals surface area (Å²) in [4.78, 5) is 12.0. The first-order valence-electron chi connectivity index (χ1n) is 8.88. The van der Waals surface area contributed by atoms with E-state index in [2.05, 4.69) is 5.16 Å². The molecule has 144 valence electrons. The van der Waals surface area contributed by atoms with Crippen molar-refractivity contribution in [2.45, 2.75) is 31.3 Å². The van der Waals surface area contributed by atoms with Gasteiger partial charge in [-0.1, -0.05) is 5.16 Å². The van der Waals surface area contributed by atoms with E-state index in [4.69, 9.17) is 14.0 Å². The zero-order valence-corrected chi connectivity index (χ0v) is 15.7. The third-order valence-corrected chi connectivity index (χ3v) is 6.83. The molecule has 0 radical (unpaired) electrons. The molecule has 1 fully saturated rings. The average Bonchev–Trinajstić information content (AvgIpc) is 3.17. The molecule has 27 heavy (non-hydrogen) atoms. The van der Waals surface area contributed by atoms with E-state index < -0.39 is 10.0 Å². The number of carbonyl (C=O) groups is 1. The van der Waals surface area contributed by atoms with E-state index in [1.807, 2.05) is 0 Å². The quantitative estimate of drug-likeness (QED) is 0.736. The largest absolute Gasteiger partial charge is 0.488 e. The first kappa shape index (κ1) is 18.0. The van der Waals surface area contributed by atoms with Crippen LogP contribution in [0.15, 0.2) is 33.8 Å². The molecule has 0 aliphatic carbocycles. The number of sulfonamides is 1. The van der Waals surface area contributed by atoms with E-state index in [1.165, 1.54) is 10.4 Å². The van der Waals surface area contributed by atoms with Gasteiger partial charge in [-0.2, -0.15) is 4.31 Å². The van der Waals surface area contributed by atoms with Crippen LogP contribution in [0.3, 0.4) is 0 Å². The van der Waals surface area contributed by atoms with Gasteiger partial charge in [0.15, 0.2) is 5.76 Å². The number of hydrogen-bond donors (Lipinski definition) is 0. The number of nitrogens with zero attached hydrogens (tertiary/aromatic N) is 2. The monoisotopic (exact) mass is 392 g/mol. The highest BCUT2D eigenvalue weighted by Crippen LogP contribution is 2.39. The van der Waals surface area contributed by atoms with Crippen LogP contribution in [0, 0.1) is 5.92 Å². The molecule has 0 N–H and O–H groups in total. The maximum atomic E-state index is 13.0. The van der Waals surface area contributed by atoms with Crippen LogP contribution in [0.4, 0.5) is 0 Å². The summed E-state index contributed by atoms with van der Waals surface area (Å²) in [5.41, 5.74) is 1.36. The van der Waals surface area contributed by atoms with E-state index in [0.29, 0.717) is 43.1 Å². The zero-order chi connectivity index (χ0) is 19.0. The van der Waals surface area contributed by atoms with Crippen molar-refractivity contribution in [2.24, 2.45) is 5.92 Å². The predicted molar refractivity (Wildman–Crippen MR) is 94.4 cm³/mol. The van der Waals surface area contributed by atoms with Gasteiger partial charge in [0, 0.05) is 13.1 Å². The van der Waals surface area contributed by atoms with E-state index >= 15 is 0 Å². The Morgan fingerprint density at radius 1 is 1.33 bits per heavy atom. The standard InChI is InChI=1S/C18H20N2O6S/c1-2-24-18(21)12-5-7-20(8-6-12)27(22,23)14-3-4-16-15(9-14)17-13(11-25-16)10-19-26-17/h3-4,9-10,12H,2,5-8,11H2,1H3. The third-order valence-electron chi connectivity index (χ3n) is 4.93. The maximum absolute atomic E-state index is 13.0. The van der Waals surface area contributed by atoms with Gasteiger partial charge in [0.1, 0.15) is 12.4 Å². The number of fused-ring (bicyclic) bond motifs is 3. The van der Waals surface area contributed by atoms with Crippen molar-refractivity contribution < 1.29 is 27.2 Å². The summed E-state index contributed by atoms with van der Waals surface area (Å²) >= 11 is 0. The number of ether oxygens (including phenoxy) is 2. The second-order valence-electron chi connectivity index (χ2n) is 6.56. The average molecular weight is 392 g/mol. The van der Waals surface area contributed by atoms with Crippen LogP contribution >= 0.6 is 0 Å². The van der Waals surface area contributed by atoms with E-state index in [1.54, 1.807) is 25.3 Å². The van der Waals surface area contributed by atoms with Crippen LogP contribution in [0.2, 0.25) is 0 Å². The number of piperidine rings is 1. The molecular weight excluding hydrogens is 372 g/mol. The summed E-state index contributed by atoms with van der Waals surface area (Å²) in [6.07, 6.45) is 2.48. The molecule has 2 aromatic rings. The van der Waals surface area contributed by atoms with Crippen molar-refractivity contribution in [3.05, 3.63) is 30.0 Å². The summed E-state index contributed by atoms with van der Waals surface area (Å²) in [5, 5.41) is 3.77. The lowest BCUT2D eigenvalue weighted by Gasteiger charge is -2.30. The van der Waals surface area contributed by atoms with Crippen molar-refractivity contribution >= 4 is 16.0 Å². The second kappa shape index (κ2) is 6.97. The Bertz CT molecular complexity index is 960. The van der Waals surface area contributed by atoms with E-state index in [-0.39, 0.29) is 29.9 Å². The van der Waals surface area contributed by atoms with Gasteiger partial charge in [-0.25, -0.2) is 8.42 Å². The molecule has 1 aromatic heterocycles. The number of carbonyl (C=O) groups excluding carboxylic acids is 1. The minimum absolute atomic E-state index is 0.170. The molecule has 0 bridgehead atoms. The number of esters is 1. The smallest absolute Gasteiger partial charge is 0.309 e. The van der Waals surface area contributed by atoms with E-state index in [0.717, 1.165) is 5.56 Å². The molecule has 2 aliphatic rings. The van der Waals surface area contributed by atoms with Crippen molar-refractivity contribution in [2.75, 3.05) is 19.7 Å². The topological polar surface area (TPSA) is 98.9 Å². The molecular formula is C18H20N2O6S. The Hall–Kier alpha value is -2.39. The first-order valence-corrected chi connectivity index (χ1v) is 10.3. The Morgan fingerprint density at radius 2 is 2.11 bits per heavy atom. The van der Waals surface area contributed by atoms with Gasteiger partial charge in [-0.05, 0) is 38.0 Å². The van der Waals surface area contributed by atoms with Crippen LogP contribution in [0.25, 0.3) is 11.3 Å². The Balaban J connectivity index is 1.56. The molecule has 8 nitrogen and oxygen atoms in total. The van der Waals surface area contributed by atoms with Gasteiger partial charge >= 0.3 is 5.97 Å². The van der Waals surface area contributed by atoms with Gasteiger partial charge < -0.3 is 14.0 Å². The molecule has 1 aromatic carbocycles. The summed E-state index contributed by atoms with van der Waals surface area (Å²) < 4.78 is 43.4. The van der Waals surface area contributed by atoms with E-state index in [9.17, 15) is 13.2 Å². The Kier molecular flexibility index (Phi) is 4.65. The lowest BCUT2D eigenvalue weighted by molar-refractivity contribution is -0.149. The SMILES string of the molecule is CCOC(=O)C1CCN(S(=O)(=O)c2ccc3c(c2)-c2oncc2CO3)CC1. The molecule has 0 atom stereocenters. The highest BCUT2D eigenvalue weighted by molar-refractivity contribution is 7.89. The number of rotatable bonds is 4. The van der Waals surface area contributed by atoms with Gasteiger partial charge in [0.05, 0.1) is 34.7 Å². The van der Waals surface area contributed by atoms with Crippen molar-refractivity contribution in [1.29, 1.82) is 0 Å². The molecule has 0 spiro atoms. The molecule has 3 heterocycles. The Labute approximate surface area is 157 Å². The van der Waals surface area contributed by atoms with Gasteiger partial charge in [0.2, 0.25) is 10.0 Å². The molecule has 0 unspecified atom stereocenters. The first-order chi connectivity index (χ1) is 13.0. The van der Waals surface area contributed by atoms with Crippen LogP contribution in [0.1, 0.15) is 25.3 Å². The van der Waals surface area contributed by atoms with Crippen LogP contribution in [-0.2, 0) is 26.2 Å². The second-order valence-corrected chi connectivity index (χ2v) is 8.50. The van der Waals surface area contributed by atoms with Crippen LogP contribution in [-0.4, -0.2) is 43.5 Å². The van der Waals surface area contributed by atoms with Crippen molar-refractivity contribution in [3.8, 4) is 17.1 Å². The summed E-state index contributed by atoms with van der Waals surface area (Å²) in [6, 6.07) is 4.73. The van der Waals surface area contributed by atoms with Crippen molar-refractivity contribution in [3.63, 3.8) is 0 Å². The number of aromatic nitrogens is 1. The lowest BCUT2D eigenvalue weighted by Crippen LogP contribution is -2.40. The third kappa shape index (κ3) is 3.21. The van der Waals surface area contributed by atoms with Crippen LogP contribution in [0.5, 0.6) is 5.75 Å². The molecule has 4 rings (SSSR count). The summed E-state index contributed by atoms with van der Waals surface area (Å²) in [5.74, 6) is 0.608. The predicted octanol–water partition coefficient (Wildman–Crippen LogP) is 2.20. The fourth-order valence-corrected chi connectivity index (χ4v) is 4.95. The number of benzene rings is 1. The lowest BCUT2D eigenvalue weighted by atomic mass is 9.98. The molecule has 0 amide bonds. The Morgan fingerprint density at radius 3 is 2.85 bits per heavy atom. The van der Waals surface area contributed by atoms with Gasteiger partial charge in [-0.3, -0.25) is 4.79 Å². The highest BCUT2D eigenvalue weighted by Gasteiger charge is 2.33. The fraction of sp³-hybridized carbons (Fsp3) is 0.444.